The van der Waals surface area contributed by atoms with Crippen molar-refractivity contribution in [3.8, 4) is 11.5 Å². The average Bonchev–Trinajstić information content (AvgIpc) is 2.72. The van der Waals surface area contributed by atoms with Crippen molar-refractivity contribution >= 4 is 35.5 Å². The van der Waals surface area contributed by atoms with Gasteiger partial charge in [0.25, 0.3) is 0 Å². The maximum atomic E-state index is 11.2. The molecule has 0 aliphatic rings. The summed E-state index contributed by atoms with van der Waals surface area (Å²) in [4.78, 5) is 24.5. The van der Waals surface area contributed by atoms with Gasteiger partial charge in [0.2, 0.25) is 0 Å². The predicted molar refractivity (Wildman–Crippen MR) is 115 cm³/mol. The number of carbonyl (C=O) groups excluding carboxylic acids is 2. The minimum absolute atomic E-state index is 0.474. The molecule has 0 aliphatic carbocycles. The van der Waals surface area contributed by atoms with E-state index >= 15 is 0 Å². The van der Waals surface area contributed by atoms with Crippen LogP contribution in [0.4, 0.5) is 0 Å². The van der Waals surface area contributed by atoms with Crippen molar-refractivity contribution in [2.45, 2.75) is 9.79 Å². The van der Waals surface area contributed by atoms with Crippen molar-refractivity contribution in [1.82, 2.24) is 0 Å². The zero-order valence-corrected chi connectivity index (χ0v) is 16.9. The van der Waals surface area contributed by atoms with E-state index in [0.29, 0.717) is 11.5 Å². The van der Waals surface area contributed by atoms with Crippen molar-refractivity contribution in [3.63, 3.8) is 0 Å². The van der Waals surface area contributed by atoms with Gasteiger partial charge in [-0.3, -0.25) is 0 Å². The molecular formula is C22H20O4S2. The molecule has 4 nitrogen and oxygen atoms in total. The Bertz CT molecular complexity index is 784. The summed E-state index contributed by atoms with van der Waals surface area (Å²) in [6, 6.07) is 14.6. The van der Waals surface area contributed by atoms with E-state index in [1.54, 1.807) is 47.8 Å². The molecular weight excluding hydrogens is 392 g/mol. The number of ether oxygens (including phenoxy) is 2. The number of esters is 2. The van der Waals surface area contributed by atoms with Crippen molar-refractivity contribution in [1.29, 1.82) is 0 Å². The Morgan fingerprint density at radius 2 is 1.11 bits per heavy atom. The maximum Gasteiger partial charge on any atom is 0.335 e. The van der Waals surface area contributed by atoms with Crippen LogP contribution in [0.1, 0.15) is 0 Å². The molecule has 0 spiro atoms. The highest BCUT2D eigenvalue weighted by molar-refractivity contribution is 8.00. The fourth-order valence-electron chi connectivity index (χ4n) is 1.94. The zero-order valence-electron chi connectivity index (χ0n) is 15.3. The molecule has 0 heterocycles. The summed E-state index contributed by atoms with van der Waals surface area (Å²) in [5.74, 6) is 1.61. The first-order chi connectivity index (χ1) is 13.5. The Balaban J connectivity index is 1.75. The topological polar surface area (TPSA) is 52.6 Å². The van der Waals surface area contributed by atoms with Crippen LogP contribution in [0.15, 0.2) is 95.8 Å². The maximum absolute atomic E-state index is 11.2. The highest BCUT2D eigenvalue weighted by Gasteiger charge is 2.04. The summed E-state index contributed by atoms with van der Waals surface area (Å²) in [6.45, 7) is 10.9. The van der Waals surface area contributed by atoms with Gasteiger partial charge >= 0.3 is 11.9 Å². The van der Waals surface area contributed by atoms with Gasteiger partial charge < -0.3 is 9.47 Å². The van der Waals surface area contributed by atoms with Crippen LogP contribution in [0.25, 0.3) is 0 Å². The van der Waals surface area contributed by atoms with Crippen molar-refractivity contribution in [2.75, 3.05) is 11.5 Å². The van der Waals surface area contributed by atoms with E-state index in [-0.39, 0.29) is 0 Å². The van der Waals surface area contributed by atoms with E-state index in [0.717, 1.165) is 39.0 Å². The van der Waals surface area contributed by atoms with Crippen LogP contribution >= 0.6 is 23.5 Å². The molecule has 28 heavy (non-hydrogen) atoms. The lowest BCUT2D eigenvalue weighted by atomic mass is 10.3. The molecule has 6 heteroatoms. The summed E-state index contributed by atoms with van der Waals surface area (Å²) in [7, 11) is 0. The number of carbonyl (C=O) groups is 2. The number of thioether (sulfide) groups is 2. The highest BCUT2D eigenvalue weighted by atomic mass is 32.2. The Labute approximate surface area is 173 Å². The Kier molecular flexibility index (Phi) is 8.65. The quantitative estimate of drug-likeness (QED) is 0.173. The lowest BCUT2D eigenvalue weighted by molar-refractivity contribution is -0.129. The Morgan fingerprint density at radius 1 is 0.750 bits per heavy atom. The summed E-state index contributed by atoms with van der Waals surface area (Å²) in [5, 5.41) is 0. The molecule has 0 atom stereocenters. The number of hydrogen-bond donors (Lipinski definition) is 0. The molecule has 0 radical (unpaired) electrons. The summed E-state index contributed by atoms with van der Waals surface area (Å²) in [6.07, 6.45) is 2.26. The number of rotatable bonds is 10. The zero-order chi connectivity index (χ0) is 20.4. The van der Waals surface area contributed by atoms with E-state index in [1.165, 1.54) is 0 Å². The minimum Gasteiger partial charge on any atom is -0.423 e. The summed E-state index contributed by atoms with van der Waals surface area (Å²) < 4.78 is 10.1. The molecule has 2 aromatic carbocycles. The van der Waals surface area contributed by atoms with Gasteiger partial charge in [-0.2, -0.15) is 0 Å². The van der Waals surface area contributed by atoms with Gasteiger partial charge in [-0.25, -0.2) is 9.59 Å². The monoisotopic (exact) mass is 412 g/mol. The van der Waals surface area contributed by atoms with Crippen molar-refractivity contribution < 1.29 is 19.1 Å². The third kappa shape index (κ3) is 7.50. The molecule has 0 N–H and O–H groups in total. The highest BCUT2D eigenvalue weighted by Crippen LogP contribution is 2.27. The third-order valence-corrected chi connectivity index (χ3v) is 5.62. The van der Waals surface area contributed by atoms with Crippen LogP contribution in [-0.4, -0.2) is 23.4 Å². The first kappa shape index (κ1) is 21.6. The van der Waals surface area contributed by atoms with Gasteiger partial charge in [-0.05, 0) is 48.5 Å². The van der Waals surface area contributed by atoms with Crippen LogP contribution in [-0.2, 0) is 9.59 Å². The second-order valence-electron chi connectivity index (χ2n) is 5.52. The first-order valence-corrected chi connectivity index (χ1v) is 10.3. The molecule has 2 rings (SSSR count). The Hall–Kier alpha value is -2.70. The molecule has 0 saturated heterocycles. The van der Waals surface area contributed by atoms with E-state index in [4.69, 9.17) is 9.47 Å². The van der Waals surface area contributed by atoms with Gasteiger partial charge in [0, 0.05) is 33.4 Å². The van der Waals surface area contributed by atoms with Crippen LogP contribution in [0, 0.1) is 0 Å². The van der Waals surface area contributed by atoms with Gasteiger partial charge in [-0.15, -0.1) is 23.5 Å². The van der Waals surface area contributed by atoms with Gasteiger partial charge in [0.1, 0.15) is 11.5 Å². The van der Waals surface area contributed by atoms with Crippen LogP contribution < -0.4 is 9.47 Å². The van der Waals surface area contributed by atoms with Crippen LogP contribution in [0.2, 0.25) is 0 Å². The lowest BCUT2D eigenvalue weighted by Gasteiger charge is -2.07. The van der Waals surface area contributed by atoms with Crippen molar-refractivity contribution in [3.05, 3.63) is 86.0 Å². The summed E-state index contributed by atoms with van der Waals surface area (Å²) >= 11 is 3.34. The largest absolute Gasteiger partial charge is 0.423 e. The third-order valence-electron chi connectivity index (χ3n) is 3.30. The normalized spacial score (nSPS) is 10.0. The van der Waals surface area contributed by atoms with E-state index < -0.39 is 11.9 Å². The van der Waals surface area contributed by atoms with Crippen molar-refractivity contribution in [2.24, 2.45) is 0 Å². The fourth-order valence-corrected chi connectivity index (χ4v) is 3.67. The lowest BCUT2D eigenvalue weighted by Crippen LogP contribution is -2.02. The molecule has 0 amide bonds. The number of hydrogen-bond acceptors (Lipinski definition) is 6. The number of benzene rings is 2. The standard InChI is InChI=1S/C22H20O4S2/c1-4-21(23)25-17-6-10-19(11-7-17)27-14-16(3)15-28-20-12-8-18(9-13-20)26-22(24)5-2/h4-13H,1-3,14-15H2. The molecule has 144 valence electrons. The first-order valence-electron chi connectivity index (χ1n) is 8.31. The molecule has 0 aromatic heterocycles. The second-order valence-corrected chi connectivity index (χ2v) is 7.62. The van der Waals surface area contributed by atoms with E-state index in [9.17, 15) is 9.59 Å². The molecule has 2 aromatic rings. The van der Waals surface area contributed by atoms with Crippen LogP contribution in [0.3, 0.4) is 0 Å². The molecule has 0 saturated carbocycles. The predicted octanol–water partition coefficient (Wildman–Crippen LogP) is 5.31. The van der Waals surface area contributed by atoms with Gasteiger partial charge in [-0.1, -0.05) is 25.3 Å². The van der Waals surface area contributed by atoms with Gasteiger partial charge in [0.15, 0.2) is 0 Å². The average molecular weight is 413 g/mol. The van der Waals surface area contributed by atoms with E-state index in [1.807, 2.05) is 24.3 Å². The SMILES string of the molecule is C=CC(=O)Oc1ccc(SCC(=C)CSc2ccc(OC(=O)C=C)cc2)cc1. The molecule has 0 aliphatic heterocycles. The Morgan fingerprint density at radius 3 is 1.43 bits per heavy atom. The molecule has 0 fully saturated rings. The summed E-state index contributed by atoms with van der Waals surface area (Å²) in [5.41, 5.74) is 1.10. The second kappa shape index (κ2) is 11.2. The smallest absolute Gasteiger partial charge is 0.335 e. The molecule has 0 bridgehead atoms. The molecule has 0 unspecified atom stereocenters. The minimum atomic E-state index is -0.474. The fraction of sp³-hybridized carbons (Fsp3) is 0.0909. The van der Waals surface area contributed by atoms with Gasteiger partial charge in [0.05, 0.1) is 0 Å². The van der Waals surface area contributed by atoms with E-state index in [2.05, 4.69) is 19.7 Å². The van der Waals surface area contributed by atoms with Crippen LogP contribution in [0.5, 0.6) is 11.5 Å².